The first-order chi connectivity index (χ1) is 8.08. The summed E-state index contributed by atoms with van der Waals surface area (Å²) < 4.78 is 2.51. The fourth-order valence-corrected chi connectivity index (χ4v) is 2.20. The first-order valence-corrected chi connectivity index (χ1v) is 6.07. The van der Waals surface area contributed by atoms with Gasteiger partial charge in [-0.1, -0.05) is 29.8 Å². The van der Waals surface area contributed by atoms with E-state index < -0.39 is 5.97 Å². The summed E-state index contributed by atoms with van der Waals surface area (Å²) in [6.07, 6.45) is 1.58. The average molecular weight is 315 g/mol. The summed E-state index contributed by atoms with van der Waals surface area (Å²) in [5.41, 5.74) is 1.20. The lowest BCUT2D eigenvalue weighted by Gasteiger charge is -2.06. The van der Waals surface area contributed by atoms with Crippen LogP contribution in [0.4, 0.5) is 0 Å². The number of carboxylic acids is 1. The van der Waals surface area contributed by atoms with Crippen LogP contribution in [0.2, 0.25) is 5.02 Å². The van der Waals surface area contributed by atoms with E-state index in [2.05, 4.69) is 15.9 Å². The number of rotatable bonds is 3. The van der Waals surface area contributed by atoms with E-state index in [4.69, 9.17) is 16.7 Å². The summed E-state index contributed by atoms with van der Waals surface area (Å²) in [5.74, 6) is -0.941. The predicted octanol–water partition coefficient (Wildman–Crippen LogP) is 3.65. The highest BCUT2D eigenvalue weighted by molar-refractivity contribution is 9.10. The van der Waals surface area contributed by atoms with Crippen molar-refractivity contribution in [3.05, 3.63) is 57.3 Å². The number of aromatic carboxylic acids is 1. The molecule has 2 rings (SSSR count). The molecule has 1 heterocycles. The molecule has 1 aromatic carbocycles. The van der Waals surface area contributed by atoms with E-state index in [9.17, 15) is 4.79 Å². The van der Waals surface area contributed by atoms with Crippen molar-refractivity contribution in [3.63, 3.8) is 0 Å². The van der Waals surface area contributed by atoms with Gasteiger partial charge in [0.1, 0.15) is 0 Å². The Labute approximate surface area is 112 Å². The van der Waals surface area contributed by atoms with Crippen LogP contribution in [0, 0.1) is 0 Å². The van der Waals surface area contributed by atoms with Gasteiger partial charge in [-0.25, -0.2) is 4.79 Å². The van der Waals surface area contributed by atoms with Gasteiger partial charge in [-0.2, -0.15) is 0 Å². The minimum Gasteiger partial charge on any atom is -0.478 e. The van der Waals surface area contributed by atoms with Gasteiger partial charge < -0.3 is 9.67 Å². The molecule has 3 nitrogen and oxygen atoms in total. The van der Waals surface area contributed by atoms with Gasteiger partial charge in [0.25, 0.3) is 0 Å². The molecule has 1 N–H and O–H groups in total. The van der Waals surface area contributed by atoms with Gasteiger partial charge in [-0.05, 0) is 33.6 Å². The van der Waals surface area contributed by atoms with E-state index in [1.54, 1.807) is 16.8 Å². The number of aromatic nitrogens is 1. The SMILES string of the molecule is O=C(O)c1cc(Br)n(Cc2ccccc2Cl)c1. The summed E-state index contributed by atoms with van der Waals surface area (Å²) in [7, 11) is 0. The van der Waals surface area contributed by atoms with Gasteiger partial charge in [0, 0.05) is 17.8 Å². The number of halogens is 2. The Morgan fingerprint density at radius 1 is 1.41 bits per heavy atom. The average Bonchev–Trinajstić information content (AvgIpc) is 2.64. The van der Waals surface area contributed by atoms with E-state index in [-0.39, 0.29) is 5.56 Å². The Hall–Kier alpha value is -1.26. The van der Waals surface area contributed by atoms with Gasteiger partial charge in [0.2, 0.25) is 0 Å². The second-order valence-corrected chi connectivity index (χ2v) is 4.80. The third kappa shape index (κ3) is 2.70. The Morgan fingerprint density at radius 2 is 2.12 bits per heavy atom. The summed E-state index contributed by atoms with van der Waals surface area (Å²) in [5, 5.41) is 9.55. The highest BCUT2D eigenvalue weighted by atomic mass is 79.9. The molecule has 88 valence electrons. The maximum Gasteiger partial charge on any atom is 0.337 e. The molecule has 2 aromatic rings. The van der Waals surface area contributed by atoms with Gasteiger partial charge in [-0.15, -0.1) is 0 Å². The number of benzene rings is 1. The maximum absolute atomic E-state index is 10.8. The molecule has 0 aliphatic rings. The number of carbonyl (C=O) groups is 1. The molecular formula is C12H9BrClNO2. The molecule has 0 bridgehead atoms. The van der Waals surface area contributed by atoms with Crippen LogP contribution in [0.5, 0.6) is 0 Å². The monoisotopic (exact) mass is 313 g/mol. The molecule has 0 saturated heterocycles. The molecule has 0 fully saturated rings. The van der Waals surface area contributed by atoms with Crippen LogP contribution in [0.25, 0.3) is 0 Å². The third-order valence-electron chi connectivity index (χ3n) is 2.39. The van der Waals surface area contributed by atoms with Gasteiger partial charge in [0.05, 0.1) is 10.2 Å². The van der Waals surface area contributed by atoms with Crippen LogP contribution in [-0.4, -0.2) is 15.6 Å². The maximum atomic E-state index is 10.8. The second kappa shape index (κ2) is 4.94. The van der Waals surface area contributed by atoms with Crippen molar-refractivity contribution in [3.8, 4) is 0 Å². The zero-order valence-electron chi connectivity index (χ0n) is 8.73. The summed E-state index contributed by atoms with van der Waals surface area (Å²) in [6, 6.07) is 9.05. The van der Waals surface area contributed by atoms with Gasteiger partial charge >= 0.3 is 5.97 Å². The molecule has 1 aromatic heterocycles. The van der Waals surface area contributed by atoms with Gasteiger partial charge in [-0.3, -0.25) is 0 Å². The molecule has 0 radical (unpaired) electrons. The third-order valence-corrected chi connectivity index (χ3v) is 3.44. The highest BCUT2D eigenvalue weighted by Gasteiger charge is 2.10. The van der Waals surface area contributed by atoms with Crippen LogP contribution in [0.1, 0.15) is 15.9 Å². The second-order valence-electron chi connectivity index (χ2n) is 3.58. The molecule has 0 unspecified atom stereocenters. The largest absolute Gasteiger partial charge is 0.478 e. The van der Waals surface area contributed by atoms with E-state index in [0.717, 1.165) is 10.2 Å². The minimum absolute atomic E-state index is 0.254. The van der Waals surface area contributed by atoms with E-state index in [0.29, 0.717) is 11.6 Å². The Morgan fingerprint density at radius 3 is 2.71 bits per heavy atom. The molecule has 0 spiro atoms. The van der Waals surface area contributed by atoms with Crippen LogP contribution in [0.3, 0.4) is 0 Å². The summed E-state index contributed by atoms with van der Waals surface area (Å²) >= 11 is 9.37. The van der Waals surface area contributed by atoms with Crippen LogP contribution >= 0.6 is 27.5 Å². The molecule has 0 saturated carbocycles. The lowest BCUT2D eigenvalue weighted by molar-refractivity contribution is 0.0697. The fourth-order valence-electron chi connectivity index (χ4n) is 1.53. The van der Waals surface area contributed by atoms with Crippen molar-refractivity contribution in [1.82, 2.24) is 4.57 Å². The van der Waals surface area contributed by atoms with E-state index >= 15 is 0 Å². The number of hydrogen-bond donors (Lipinski definition) is 1. The minimum atomic E-state index is -0.941. The van der Waals surface area contributed by atoms with Crippen LogP contribution in [-0.2, 0) is 6.54 Å². The molecular weight excluding hydrogens is 305 g/mol. The molecule has 17 heavy (non-hydrogen) atoms. The quantitative estimate of drug-likeness (QED) is 0.939. The molecule has 5 heteroatoms. The van der Waals surface area contributed by atoms with E-state index in [1.165, 1.54) is 0 Å². The molecule has 0 amide bonds. The van der Waals surface area contributed by atoms with Crippen molar-refractivity contribution >= 4 is 33.5 Å². The Kier molecular flexibility index (Phi) is 3.54. The van der Waals surface area contributed by atoms with Crippen molar-refractivity contribution in [2.75, 3.05) is 0 Å². The van der Waals surface area contributed by atoms with Crippen molar-refractivity contribution < 1.29 is 9.90 Å². The standard InChI is InChI=1S/C12H9BrClNO2/c13-11-5-9(12(16)17)7-15(11)6-8-3-1-2-4-10(8)14/h1-5,7H,6H2,(H,16,17). The Bertz CT molecular complexity index is 565. The normalized spacial score (nSPS) is 10.5. The van der Waals surface area contributed by atoms with Gasteiger partial charge in [0.15, 0.2) is 0 Å². The predicted molar refractivity (Wildman–Crippen MR) is 69.6 cm³/mol. The highest BCUT2D eigenvalue weighted by Crippen LogP contribution is 2.21. The number of nitrogens with zero attached hydrogens (tertiary/aromatic N) is 1. The summed E-state index contributed by atoms with van der Waals surface area (Å²) in [6.45, 7) is 0.535. The van der Waals surface area contributed by atoms with Crippen LogP contribution in [0.15, 0.2) is 41.1 Å². The molecule has 0 atom stereocenters. The molecule has 0 aliphatic carbocycles. The summed E-state index contributed by atoms with van der Waals surface area (Å²) in [4.78, 5) is 10.8. The van der Waals surface area contributed by atoms with E-state index in [1.807, 2.05) is 24.3 Å². The first-order valence-electron chi connectivity index (χ1n) is 4.90. The van der Waals surface area contributed by atoms with Crippen molar-refractivity contribution in [2.45, 2.75) is 6.54 Å². The van der Waals surface area contributed by atoms with Crippen molar-refractivity contribution in [2.24, 2.45) is 0 Å². The lowest BCUT2D eigenvalue weighted by atomic mass is 10.2. The topological polar surface area (TPSA) is 42.2 Å². The zero-order valence-corrected chi connectivity index (χ0v) is 11.1. The Balaban J connectivity index is 2.30. The first kappa shape index (κ1) is 12.2. The van der Waals surface area contributed by atoms with Crippen molar-refractivity contribution in [1.29, 1.82) is 0 Å². The number of hydrogen-bond acceptors (Lipinski definition) is 1. The lowest BCUT2D eigenvalue weighted by Crippen LogP contribution is -1.99. The number of carboxylic acid groups (broad SMARTS) is 1. The fraction of sp³-hybridized carbons (Fsp3) is 0.0833. The zero-order chi connectivity index (χ0) is 12.4. The molecule has 0 aliphatic heterocycles. The van der Waals surface area contributed by atoms with Crippen LogP contribution < -0.4 is 0 Å². The smallest absolute Gasteiger partial charge is 0.337 e.